The topological polar surface area (TPSA) is 68.2 Å². The van der Waals surface area contributed by atoms with Gasteiger partial charge in [0, 0.05) is 38.5 Å². The van der Waals surface area contributed by atoms with E-state index in [2.05, 4.69) is 20.2 Å². The molecule has 6 heteroatoms. The van der Waals surface area contributed by atoms with E-state index >= 15 is 0 Å². The molecule has 2 aliphatic rings. The van der Waals surface area contributed by atoms with E-state index < -0.39 is 0 Å². The normalized spacial score (nSPS) is 26.1. The first kappa shape index (κ1) is 14.4. The Labute approximate surface area is 125 Å². The number of hydrogen-bond donors (Lipinski definition) is 2. The molecule has 1 aromatic rings. The predicted molar refractivity (Wildman–Crippen MR) is 79.0 cm³/mol. The van der Waals surface area contributed by atoms with Gasteiger partial charge in [0.15, 0.2) is 0 Å². The Hall–Kier alpha value is -1.56. The van der Waals surface area contributed by atoms with Gasteiger partial charge in [0.2, 0.25) is 0 Å². The molecule has 2 amide bonds. The molecule has 21 heavy (non-hydrogen) atoms. The van der Waals surface area contributed by atoms with E-state index in [9.17, 15) is 4.79 Å². The molecular weight excluding hydrogens is 268 g/mol. The second-order valence-corrected chi connectivity index (χ2v) is 6.09. The highest BCUT2D eigenvalue weighted by molar-refractivity contribution is 5.74. The van der Waals surface area contributed by atoms with Crippen LogP contribution in [0.1, 0.15) is 32.0 Å². The Bertz CT molecular complexity index is 482. The number of nitrogens with one attached hydrogen (secondary N) is 2. The van der Waals surface area contributed by atoms with Crippen LogP contribution in [0.15, 0.2) is 12.4 Å². The van der Waals surface area contributed by atoms with E-state index in [0.717, 1.165) is 44.7 Å². The number of aryl methyl sites for hydroxylation is 1. The lowest BCUT2D eigenvalue weighted by molar-refractivity contribution is 0.0859. The Morgan fingerprint density at radius 2 is 2.48 bits per heavy atom. The summed E-state index contributed by atoms with van der Waals surface area (Å²) in [6, 6.07) is -0.0235. The zero-order chi connectivity index (χ0) is 14.7. The van der Waals surface area contributed by atoms with Crippen LogP contribution in [0.25, 0.3) is 0 Å². The largest absolute Gasteiger partial charge is 0.376 e. The third-order valence-corrected chi connectivity index (χ3v) is 4.48. The molecule has 1 aromatic heterocycles. The van der Waals surface area contributed by atoms with E-state index in [1.54, 1.807) is 0 Å². The van der Waals surface area contributed by atoms with Crippen molar-refractivity contribution in [2.45, 2.75) is 51.3 Å². The molecular formula is C15H24N4O2. The van der Waals surface area contributed by atoms with Crippen molar-refractivity contribution in [2.75, 3.05) is 13.2 Å². The smallest absolute Gasteiger partial charge is 0.315 e. The van der Waals surface area contributed by atoms with Crippen LogP contribution in [0.4, 0.5) is 4.79 Å². The van der Waals surface area contributed by atoms with Crippen LogP contribution in [-0.2, 0) is 17.7 Å². The number of imidazole rings is 1. The second-order valence-electron chi connectivity index (χ2n) is 6.09. The summed E-state index contributed by atoms with van der Waals surface area (Å²) >= 11 is 0. The van der Waals surface area contributed by atoms with Crippen molar-refractivity contribution < 1.29 is 9.53 Å². The van der Waals surface area contributed by atoms with Crippen molar-refractivity contribution >= 4 is 6.03 Å². The predicted octanol–water partition coefficient (Wildman–Crippen LogP) is 1.31. The Balaban J connectivity index is 1.40. The van der Waals surface area contributed by atoms with Gasteiger partial charge >= 0.3 is 6.03 Å². The van der Waals surface area contributed by atoms with Crippen LogP contribution in [0, 0.1) is 5.92 Å². The third-order valence-electron chi connectivity index (χ3n) is 4.48. The Morgan fingerprint density at radius 3 is 3.29 bits per heavy atom. The summed E-state index contributed by atoms with van der Waals surface area (Å²) in [5.41, 5.74) is 0. The highest BCUT2D eigenvalue weighted by atomic mass is 16.5. The number of amides is 2. The number of fused-ring (bicyclic) bond motifs is 1. The maximum atomic E-state index is 11.9. The van der Waals surface area contributed by atoms with E-state index in [1.807, 2.05) is 19.3 Å². The van der Waals surface area contributed by atoms with E-state index in [4.69, 9.17) is 4.74 Å². The molecule has 116 valence electrons. The minimum Gasteiger partial charge on any atom is -0.376 e. The molecule has 0 unspecified atom stereocenters. The number of ether oxygens (including phenoxy) is 1. The van der Waals surface area contributed by atoms with Crippen molar-refractivity contribution in [3.63, 3.8) is 0 Å². The summed E-state index contributed by atoms with van der Waals surface area (Å²) in [7, 11) is 0. The molecule has 0 aromatic carbocycles. The molecule has 1 fully saturated rings. The van der Waals surface area contributed by atoms with Crippen molar-refractivity contribution in [1.82, 2.24) is 20.2 Å². The lowest BCUT2D eigenvalue weighted by Crippen LogP contribution is -2.47. The van der Waals surface area contributed by atoms with Gasteiger partial charge in [0.1, 0.15) is 5.82 Å². The monoisotopic (exact) mass is 292 g/mol. The second kappa shape index (κ2) is 6.47. The lowest BCUT2D eigenvalue weighted by atomic mass is 9.98. The van der Waals surface area contributed by atoms with E-state index in [1.165, 1.54) is 0 Å². The molecule has 1 saturated heterocycles. The quantitative estimate of drug-likeness (QED) is 0.879. The number of hydrogen-bond acceptors (Lipinski definition) is 3. The highest BCUT2D eigenvalue weighted by Crippen LogP contribution is 2.18. The Morgan fingerprint density at radius 1 is 1.57 bits per heavy atom. The summed E-state index contributed by atoms with van der Waals surface area (Å²) in [6.45, 7) is 4.52. The summed E-state index contributed by atoms with van der Waals surface area (Å²) in [4.78, 5) is 16.3. The van der Waals surface area contributed by atoms with Gasteiger partial charge in [-0.3, -0.25) is 0 Å². The maximum absolute atomic E-state index is 11.9. The Kier molecular flexibility index (Phi) is 4.43. The number of rotatable bonds is 4. The molecule has 6 nitrogen and oxygen atoms in total. The molecule has 3 atom stereocenters. The maximum Gasteiger partial charge on any atom is 0.315 e. The minimum atomic E-state index is -0.0908. The van der Waals surface area contributed by atoms with Crippen molar-refractivity contribution in [2.24, 2.45) is 5.92 Å². The number of carbonyl (C=O) groups is 1. The van der Waals surface area contributed by atoms with E-state index in [-0.39, 0.29) is 18.2 Å². The average molecular weight is 292 g/mol. The fraction of sp³-hybridized carbons (Fsp3) is 0.733. The van der Waals surface area contributed by atoms with Crippen LogP contribution in [0.3, 0.4) is 0 Å². The molecule has 3 heterocycles. The van der Waals surface area contributed by atoms with Gasteiger partial charge in [-0.05, 0) is 32.1 Å². The van der Waals surface area contributed by atoms with Crippen LogP contribution < -0.4 is 10.6 Å². The van der Waals surface area contributed by atoms with Crippen molar-refractivity contribution in [1.29, 1.82) is 0 Å². The summed E-state index contributed by atoms with van der Waals surface area (Å²) in [5.74, 6) is 1.60. The van der Waals surface area contributed by atoms with Gasteiger partial charge in [-0.2, -0.15) is 0 Å². The first-order valence-electron chi connectivity index (χ1n) is 7.88. The van der Waals surface area contributed by atoms with Crippen LogP contribution in [0.5, 0.6) is 0 Å². The molecule has 0 bridgehead atoms. The van der Waals surface area contributed by atoms with Crippen LogP contribution in [0.2, 0.25) is 0 Å². The highest BCUT2D eigenvalue weighted by Gasteiger charge is 2.24. The van der Waals surface area contributed by atoms with Gasteiger partial charge < -0.3 is 19.9 Å². The molecule has 0 saturated carbocycles. The summed E-state index contributed by atoms with van der Waals surface area (Å²) in [5, 5.41) is 5.97. The first-order valence-corrected chi connectivity index (χ1v) is 7.88. The SMILES string of the molecule is C[C@H](NC(=O)NC[C@@H]1CCn2ccnc2C1)[C@@H]1CCCO1. The van der Waals surface area contributed by atoms with Crippen LogP contribution in [-0.4, -0.2) is 40.9 Å². The standard InChI is InChI=1S/C15H24N4O2/c1-11(13-3-2-8-21-13)18-15(20)17-10-12-4-6-19-7-5-16-14(19)9-12/h5,7,11-13H,2-4,6,8-10H2,1H3,(H2,17,18,20)/t11-,12+,13-/m0/s1. The molecule has 0 spiro atoms. The zero-order valence-corrected chi connectivity index (χ0v) is 12.5. The summed E-state index contributed by atoms with van der Waals surface area (Å²) in [6.07, 6.45) is 8.19. The minimum absolute atomic E-state index is 0.0674. The number of aromatic nitrogens is 2. The number of nitrogens with zero attached hydrogens (tertiary/aromatic N) is 2. The van der Waals surface area contributed by atoms with Gasteiger partial charge in [-0.1, -0.05) is 0 Å². The first-order chi connectivity index (χ1) is 10.2. The van der Waals surface area contributed by atoms with Crippen LogP contribution >= 0.6 is 0 Å². The van der Waals surface area contributed by atoms with E-state index in [0.29, 0.717) is 12.5 Å². The number of urea groups is 1. The average Bonchev–Trinajstić information content (AvgIpc) is 3.15. The molecule has 2 N–H and O–H groups in total. The van der Waals surface area contributed by atoms with Gasteiger partial charge in [-0.25, -0.2) is 9.78 Å². The zero-order valence-electron chi connectivity index (χ0n) is 12.5. The molecule has 3 rings (SSSR count). The fourth-order valence-corrected chi connectivity index (χ4v) is 3.17. The van der Waals surface area contributed by atoms with Gasteiger partial charge in [-0.15, -0.1) is 0 Å². The molecule has 0 radical (unpaired) electrons. The van der Waals surface area contributed by atoms with Gasteiger partial charge in [0.05, 0.1) is 12.1 Å². The van der Waals surface area contributed by atoms with Crippen molar-refractivity contribution in [3.05, 3.63) is 18.2 Å². The summed E-state index contributed by atoms with van der Waals surface area (Å²) < 4.78 is 7.78. The number of carbonyl (C=O) groups excluding carboxylic acids is 1. The fourth-order valence-electron chi connectivity index (χ4n) is 3.17. The third kappa shape index (κ3) is 3.56. The lowest BCUT2D eigenvalue weighted by Gasteiger charge is -2.25. The van der Waals surface area contributed by atoms with Gasteiger partial charge in [0.25, 0.3) is 0 Å². The molecule has 2 aliphatic heterocycles. The van der Waals surface area contributed by atoms with Crippen molar-refractivity contribution in [3.8, 4) is 0 Å². The molecule has 0 aliphatic carbocycles.